The Hall–Kier alpha value is -3.00. The zero-order valence-corrected chi connectivity index (χ0v) is 15.4. The SMILES string of the molecule is COc1ccc(OC2CCc3c(ccc4c3ccc3ccccc34)C2)cc1. The molecular weight excluding hydrogens is 332 g/mol. The van der Waals surface area contributed by atoms with Crippen molar-refractivity contribution in [2.45, 2.75) is 25.4 Å². The lowest BCUT2D eigenvalue weighted by Crippen LogP contribution is -2.25. The van der Waals surface area contributed by atoms with Crippen LogP contribution in [-0.4, -0.2) is 13.2 Å². The van der Waals surface area contributed by atoms with Crippen molar-refractivity contribution < 1.29 is 9.47 Å². The van der Waals surface area contributed by atoms with Crippen LogP contribution >= 0.6 is 0 Å². The van der Waals surface area contributed by atoms with Crippen LogP contribution in [0, 0.1) is 0 Å². The number of methoxy groups -OCH3 is 1. The van der Waals surface area contributed by atoms with Crippen LogP contribution in [0.4, 0.5) is 0 Å². The molecule has 1 atom stereocenters. The summed E-state index contributed by atoms with van der Waals surface area (Å²) in [5.41, 5.74) is 2.91. The van der Waals surface area contributed by atoms with Crippen LogP contribution in [0.3, 0.4) is 0 Å². The molecule has 5 rings (SSSR count). The first-order chi connectivity index (χ1) is 13.3. The maximum absolute atomic E-state index is 6.24. The zero-order chi connectivity index (χ0) is 18.2. The molecule has 0 saturated carbocycles. The number of fused-ring (bicyclic) bond motifs is 5. The van der Waals surface area contributed by atoms with E-state index in [1.165, 1.54) is 32.7 Å². The maximum Gasteiger partial charge on any atom is 0.120 e. The highest BCUT2D eigenvalue weighted by molar-refractivity contribution is 6.08. The Kier molecular flexibility index (Phi) is 3.97. The molecule has 0 heterocycles. The normalized spacial score (nSPS) is 16.3. The molecule has 134 valence electrons. The fourth-order valence-corrected chi connectivity index (χ4v) is 4.28. The van der Waals surface area contributed by atoms with Crippen LogP contribution in [0.1, 0.15) is 17.5 Å². The van der Waals surface area contributed by atoms with E-state index in [1.54, 1.807) is 7.11 Å². The van der Waals surface area contributed by atoms with Crippen molar-refractivity contribution in [3.8, 4) is 11.5 Å². The van der Waals surface area contributed by atoms with Gasteiger partial charge in [0.2, 0.25) is 0 Å². The minimum Gasteiger partial charge on any atom is -0.497 e. The first-order valence-corrected chi connectivity index (χ1v) is 9.55. The van der Waals surface area contributed by atoms with Crippen LogP contribution in [-0.2, 0) is 12.8 Å². The molecule has 0 saturated heterocycles. The minimum atomic E-state index is 0.226. The summed E-state index contributed by atoms with van der Waals surface area (Å²) in [6, 6.07) is 25.6. The molecule has 1 unspecified atom stereocenters. The number of ether oxygens (including phenoxy) is 2. The molecule has 4 aromatic carbocycles. The highest BCUT2D eigenvalue weighted by Crippen LogP contribution is 2.34. The quantitative estimate of drug-likeness (QED) is 0.424. The summed E-state index contributed by atoms with van der Waals surface area (Å²) in [5, 5.41) is 5.41. The number of aryl methyl sites for hydroxylation is 1. The average molecular weight is 354 g/mol. The second-order valence-corrected chi connectivity index (χ2v) is 7.24. The minimum absolute atomic E-state index is 0.226. The Balaban J connectivity index is 1.45. The number of hydrogen-bond acceptors (Lipinski definition) is 2. The third-order valence-corrected chi connectivity index (χ3v) is 5.66. The van der Waals surface area contributed by atoms with E-state index < -0.39 is 0 Å². The second kappa shape index (κ2) is 6.62. The van der Waals surface area contributed by atoms with Crippen molar-refractivity contribution in [1.82, 2.24) is 0 Å². The van der Waals surface area contributed by atoms with Gasteiger partial charge in [-0.15, -0.1) is 0 Å². The van der Waals surface area contributed by atoms with Gasteiger partial charge in [-0.05, 0) is 69.8 Å². The van der Waals surface area contributed by atoms with E-state index in [-0.39, 0.29) is 6.10 Å². The summed E-state index contributed by atoms with van der Waals surface area (Å²) in [6.45, 7) is 0. The Morgan fingerprint density at radius 1 is 0.741 bits per heavy atom. The Morgan fingerprint density at radius 3 is 2.37 bits per heavy atom. The van der Waals surface area contributed by atoms with E-state index in [0.717, 1.165) is 30.8 Å². The summed E-state index contributed by atoms with van der Waals surface area (Å²) in [5.74, 6) is 1.77. The van der Waals surface area contributed by atoms with Gasteiger partial charge in [0.05, 0.1) is 7.11 Å². The molecule has 0 N–H and O–H groups in total. The van der Waals surface area contributed by atoms with Crippen molar-refractivity contribution in [3.63, 3.8) is 0 Å². The summed E-state index contributed by atoms with van der Waals surface area (Å²) >= 11 is 0. The van der Waals surface area contributed by atoms with Gasteiger partial charge in [0.1, 0.15) is 17.6 Å². The average Bonchev–Trinajstić information content (AvgIpc) is 2.73. The van der Waals surface area contributed by atoms with Gasteiger partial charge in [-0.3, -0.25) is 0 Å². The Bertz CT molecular complexity index is 1110. The van der Waals surface area contributed by atoms with Crippen LogP contribution in [0.2, 0.25) is 0 Å². The van der Waals surface area contributed by atoms with Crippen molar-refractivity contribution >= 4 is 21.5 Å². The first kappa shape index (κ1) is 16.2. The Morgan fingerprint density at radius 2 is 1.52 bits per heavy atom. The highest BCUT2D eigenvalue weighted by Gasteiger charge is 2.22. The largest absolute Gasteiger partial charge is 0.497 e. The van der Waals surface area contributed by atoms with E-state index >= 15 is 0 Å². The van der Waals surface area contributed by atoms with E-state index in [4.69, 9.17) is 9.47 Å². The van der Waals surface area contributed by atoms with Crippen molar-refractivity contribution in [3.05, 3.63) is 83.9 Å². The van der Waals surface area contributed by atoms with Gasteiger partial charge in [0.25, 0.3) is 0 Å². The molecule has 0 spiro atoms. The van der Waals surface area contributed by atoms with Gasteiger partial charge in [0.15, 0.2) is 0 Å². The Labute approximate surface area is 159 Å². The summed E-state index contributed by atoms with van der Waals surface area (Å²) in [6.07, 6.45) is 3.30. The van der Waals surface area contributed by atoms with Crippen LogP contribution < -0.4 is 9.47 Å². The fraction of sp³-hybridized carbons (Fsp3) is 0.200. The molecule has 0 bridgehead atoms. The zero-order valence-electron chi connectivity index (χ0n) is 15.4. The molecule has 2 heteroatoms. The lowest BCUT2D eigenvalue weighted by Gasteiger charge is -2.27. The molecule has 0 radical (unpaired) electrons. The van der Waals surface area contributed by atoms with E-state index in [2.05, 4.69) is 48.5 Å². The molecule has 0 fully saturated rings. The van der Waals surface area contributed by atoms with Gasteiger partial charge < -0.3 is 9.47 Å². The molecule has 0 aromatic heterocycles. The molecular formula is C25H22O2. The molecule has 4 aromatic rings. The highest BCUT2D eigenvalue weighted by atomic mass is 16.5. The lowest BCUT2D eigenvalue weighted by molar-refractivity contribution is 0.185. The predicted octanol–water partition coefficient (Wildman–Crippen LogP) is 5.94. The summed E-state index contributed by atoms with van der Waals surface area (Å²) in [4.78, 5) is 0. The van der Waals surface area contributed by atoms with Crippen LogP contribution in [0.25, 0.3) is 21.5 Å². The first-order valence-electron chi connectivity index (χ1n) is 9.55. The van der Waals surface area contributed by atoms with Gasteiger partial charge in [0, 0.05) is 6.42 Å². The van der Waals surface area contributed by atoms with Gasteiger partial charge in [-0.25, -0.2) is 0 Å². The second-order valence-electron chi connectivity index (χ2n) is 7.24. The maximum atomic E-state index is 6.24. The summed E-state index contributed by atoms with van der Waals surface area (Å²) < 4.78 is 11.5. The van der Waals surface area contributed by atoms with Crippen molar-refractivity contribution in [2.75, 3.05) is 7.11 Å². The smallest absolute Gasteiger partial charge is 0.120 e. The monoisotopic (exact) mass is 354 g/mol. The van der Waals surface area contributed by atoms with Crippen LogP contribution in [0.5, 0.6) is 11.5 Å². The van der Waals surface area contributed by atoms with E-state index in [9.17, 15) is 0 Å². The molecule has 2 nitrogen and oxygen atoms in total. The van der Waals surface area contributed by atoms with E-state index in [0.29, 0.717) is 0 Å². The third kappa shape index (κ3) is 2.91. The van der Waals surface area contributed by atoms with Crippen LogP contribution in [0.15, 0.2) is 72.8 Å². The standard InChI is InChI=1S/C25H22O2/c1-26-19-8-10-20(11-9-19)27-21-12-15-23-18(16-21)7-14-24-22-5-3-2-4-17(22)6-13-25(23)24/h2-11,13-14,21H,12,15-16H2,1H3. The fourth-order valence-electron chi connectivity index (χ4n) is 4.28. The van der Waals surface area contributed by atoms with Gasteiger partial charge in [-0.1, -0.05) is 48.5 Å². The number of rotatable bonds is 3. The topological polar surface area (TPSA) is 18.5 Å². The summed E-state index contributed by atoms with van der Waals surface area (Å²) in [7, 11) is 1.68. The predicted molar refractivity (Wildman–Crippen MR) is 111 cm³/mol. The molecule has 1 aliphatic rings. The van der Waals surface area contributed by atoms with Crippen molar-refractivity contribution in [2.24, 2.45) is 0 Å². The van der Waals surface area contributed by atoms with Gasteiger partial charge in [-0.2, -0.15) is 0 Å². The number of benzene rings is 4. The lowest BCUT2D eigenvalue weighted by atomic mass is 9.85. The van der Waals surface area contributed by atoms with E-state index in [1.807, 2.05) is 24.3 Å². The number of hydrogen-bond donors (Lipinski definition) is 0. The van der Waals surface area contributed by atoms with Crippen molar-refractivity contribution in [1.29, 1.82) is 0 Å². The molecule has 0 amide bonds. The molecule has 0 aliphatic heterocycles. The van der Waals surface area contributed by atoms with Gasteiger partial charge >= 0.3 is 0 Å². The third-order valence-electron chi connectivity index (χ3n) is 5.66. The molecule has 1 aliphatic carbocycles. The molecule has 27 heavy (non-hydrogen) atoms.